The van der Waals surface area contributed by atoms with Crippen LogP contribution in [0.5, 0.6) is 0 Å². The van der Waals surface area contributed by atoms with E-state index in [1.54, 1.807) is 0 Å². The molecule has 2 rings (SSSR count). The second-order valence-electron chi connectivity index (χ2n) is 4.75. The molecule has 0 aliphatic heterocycles. The normalized spacial score (nSPS) is 10.5. The van der Waals surface area contributed by atoms with Crippen molar-refractivity contribution < 1.29 is 13.6 Å². The third-order valence-corrected chi connectivity index (χ3v) is 3.64. The number of aryl methyl sites for hydroxylation is 2. The molecule has 0 unspecified atom stereocenters. The van der Waals surface area contributed by atoms with Gasteiger partial charge < -0.3 is 11.1 Å². The van der Waals surface area contributed by atoms with Crippen LogP contribution in [0.2, 0.25) is 0 Å². The van der Waals surface area contributed by atoms with Crippen LogP contribution in [0.4, 0.5) is 20.2 Å². The Morgan fingerprint density at radius 3 is 2.24 bits per heavy atom. The highest BCUT2D eigenvalue weighted by Gasteiger charge is 2.15. The van der Waals surface area contributed by atoms with Crippen LogP contribution in [0, 0.1) is 25.5 Å². The molecule has 0 fully saturated rings. The molecule has 0 aliphatic carbocycles. The molecule has 3 nitrogen and oxygen atoms in total. The molecule has 110 valence electrons. The SMILES string of the molecule is Cc1cc(C)c(NC(=O)c2cc(F)c(N)c(F)c2)c(Br)c1. The summed E-state index contributed by atoms with van der Waals surface area (Å²) in [4.78, 5) is 12.1. The van der Waals surface area contributed by atoms with E-state index in [2.05, 4.69) is 21.2 Å². The van der Waals surface area contributed by atoms with Crippen molar-refractivity contribution in [1.82, 2.24) is 0 Å². The predicted octanol–water partition coefficient (Wildman–Crippen LogP) is 4.18. The van der Waals surface area contributed by atoms with Gasteiger partial charge in [-0.1, -0.05) is 6.07 Å². The minimum absolute atomic E-state index is 0.133. The van der Waals surface area contributed by atoms with Gasteiger partial charge in [-0.3, -0.25) is 4.79 Å². The summed E-state index contributed by atoms with van der Waals surface area (Å²) in [6, 6.07) is 5.55. The average molecular weight is 355 g/mol. The number of nitrogens with one attached hydrogen (secondary N) is 1. The Morgan fingerprint density at radius 2 is 1.71 bits per heavy atom. The quantitative estimate of drug-likeness (QED) is 0.794. The fourth-order valence-corrected chi connectivity index (χ4v) is 2.75. The maximum atomic E-state index is 13.4. The molecule has 3 N–H and O–H groups in total. The van der Waals surface area contributed by atoms with Crippen molar-refractivity contribution in [2.24, 2.45) is 0 Å². The highest BCUT2D eigenvalue weighted by molar-refractivity contribution is 9.10. The summed E-state index contributed by atoms with van der Waals surface area (Å²) >= 11 is 3.36. The largest absolute Gasteiger partial charge is 0.394 e. The fraction of sp³-hybridized carbons (Fsp3) is 0.133. The van der Waals surface area contributed by atoms with Crippen LogP contribution in [0.1, 0.15) is 21.5 Å². The van der Waals surface area contributed by atoms with Gasteiger partial charge in [0.2, 0.25) is 0 Å². The van der Waals surface area contributed by atoms with Crippen LogP contribution in [-0.2, 0) is 0 Å². The number of carbonyl (C=O) groups is 1. The Labute approximate surface area is 129 Å². The Kier molecular flexibility index (Phi) is 4.27. The highest BCUT2D eigenvalue weighted by Crippen LogP contribution is 2.28. The molecule has 0 aliphatic rings. The summed E-state index contributed by atoms with van der Waals surface area (Å²) in [6.45, 7) is 3.76. The van der Waals surface area contributed by atoms with Crippen LogP contribution in [0.15, 0.2) is 28.7 Å². The number of halogens is 3. The first kappa shape index (κ1) is 15.4. The first-order chi connectivity index (χ1) is 9.79. The van der Waals surface area contributed by atoms with Crippen molar-refractivity contribution in [1.29, 1.82) is 0 Å². The Morgan fingerprint density at radius 1 is 1.14 bits per heavy atom. The van der Waals surface area contributed by atoms with Gasteiger partial charge in [-0.25, -0.2) is 8.78 Å². The maximum absolute atomic E-state index is 13.4. The Bertz CT molecular complexity index is 686. The maximum Gasteiger partial charge on any atom is 0.255 e. The lowest BCUT2D eigenvalue weighted by Gasteiger charge is -2.12. The lowest BCUT2D eigenvalue weighted by molar-refractivity contribution is 0.102. The van der Waals surface area contributed by atoms with Gasteiger partial charge >= 0.3 is 0 Å². The van der Waals surface area contributed by atoms with Gasteiger partial charge in [0.1, 0.15) is 17.3 Å². The van der Waals surface area contributed by atoms with Gasteiger partial charge in [0, 0.05) is 10.0 Å². The van der Waals surface area contributed by atoms with Gasteiger partial charge in [0.15, 0.2) is 0 Å². The zero-order valence-corrected chi connectivity index (χ0v) is 13.0. The average Bonchev–Trinajstić information content (AvgIpc) is 2.39. The number of nitrogens with two attached hydrogens (primary N) is 1. The number of carbonyl (C=O) groups excluding carboxylic acids is 1. The van der Waals surface area contributed by atoms with E-state index in [4.69, 9.17) is 5.73 Å². The lowest BCUT2D eigenvalue weighted by atomic mass is 10.1. The molecule has 0 heterocycles. The first-order valence-electron chi connectivity index (χ1n) is 6.12. The number of nitrogen functional groups attached to an aromatic ring is 1. The monoisotopic (exact) mass is 354 g/mol. The van der Waals surface area contributed by atoms with Gasteiger partial charge in [0.05, 0.1) is 5.69 Å². The first-order valence-corrected chi connectivity index (χ1v) is 6.91. The van der Waals surface area contributed by atoms with E-state index in [0.717, 1.165) is 23.3 Å². The topological polar surface area (TPSA) is 55.1 Å². The van der Waals surface area contributed by atoms with E-state index in [0.29, 0.717) is 10.2 Å². The molecule has 0 saturated heterocycles. The summed E-state index contributed by atoms with van der Waals surface area (Å²) in [5.74, 6) is -2.53. The summed E-state index contributed by atoms with van der Waals surface area (Å²) in [5.41, 5.74) is 6.88. The van der Waals surface area contributed by atoms with Crippen molar-refractivity contribution in [3.05, 3.63) is 57.1 Å². The second kappa shape index (κ2) is 5.81. The molecule has 0 saturated carbocycles. The molecule has 2 aromatic carbocycles. The van der Waals surface area contributed by atoms with Gasteiger partial charge in [0.25, 0.3) is 5.91 Å². The van der Waals surface area contributed by atoms with E-state index >= 15 is 0 Å². The molecule has 0 spiro atoms. The smallest absolute Gasteiger partial charge is 0.255 e. The van der Waals surface area contributed by atoms with Gasteiger partial charge in [-0.05, 0) is 59.1 Å². The molecule has 0 aromatic heterocycles. The third-order valence-electron chi connectivity index (χ3n) is 3.01. The van der Waals surface area contributed by atoms with Crippen molar-refractivity contribution in [3.63, 3.8) is 0 Å². The summed E-state index contributed by atoms with van der Waals surface area (Å²) in [5, 5.41) is 2.64. The summed E-state index contributed by atoms with van der Waals surface area (Å²) in [7, 11) is 0. The Hall–Kier alpha value is -1.95. The van der Waals surface area contributed by atoms with E-state index in [1.165, 1.54) is 0 Å². The zero-order chi connectivity index (χ0) is 15.7. The summed E-state index contributed by atoms with van der Waals surface area (Å²) < 4.78 is 27.5. The molecule has 0 radical (unpaired) electrons. The number of rotatable bonds is 2. The number of hydrogen-bond acceptors (Lipinski definition) is 2. The number of hydrogen-bond donors (Lipinski definition) is 2. The minimum Gasteiger partial charge on any atom is -0.394 e. The van der Waals surface area contributed by atoms with Crippen molar-refractivity contribution in [2.45, 2.75) is 13.8 Å². The van der Waals surface area contributed by atoms with E-state index in [9.17, 15) is 13.6 Å². The van der Waals surface area contributed by atoms with Crippen molar-refractivity contribution >= 4 is 33.2 Å². The molecular formula is C15H13BrF2N2O. The standard InChI is InChI=1S/C15H13BrF2N2O/c1-7-3-8(2)14(10(16)4-7)20-15(21)9-5-11(17)13(19)12(18)6-9/h3-6H,19H2,1-2H3,(H,20,21). The summed E-state index contributed by atoms with van der Waals surface area (Å²) in [6.07, 6.45) is 0. The highest BCUT2D eigenvalue weighted by atomic mass is 79.9. The van der Waals surface area contributed by atoms with Crippen LogP contribution < -0.4 is 11.1 Å². The van der Waals surface area contributed by atoms with E-state index in [1.807, 2.05) is 26.0 Å². The lowest BCUT2D eigenvalue weighted by Crippen LogP contribution is -2.14. The van der Waals surface area contributed by atoms with Crippen molar-refractivity contribution in [3.8, 4) is 0 Å². The predicted molar refractivity (Wildman–Crippen MR) is 82.3 cm³/mol. The Balaban J connectivity index is 2.35. The third kappa shape index (κ3) is 3.21. The fourth-order valence-electron chi connectivity index (χ4n) is 1.98. The molecule has 2 aromatic rings. The number of benzene rings is 2. The van der Waals surface area contributed by atoms with Crippen LogP contribution in [-0.4, -0.2) is 5.91 Å². The molecular weight excluding hydrogens is 342 g/mol. The molecule has 0 atom stereocenters. The van der Waals surface area contributed by atoms with E-state index in [-0.39, 0.29) is 5.56 Å². The second-order valence-corrected chi connectivity index (χ2v) is 5.60. The minimum atomic E-state index is -0.958. The number of amides is 1. The van der Waals surface area contributed by atoms with Gasteiger partial charge in [-0.15, -0.1) is 0 Å². The molecule has 1 amide bonds. The molecule has 21 heavy (non-hydrogen) atoms. The molecule has 6 heteroatoms. The van der Waals surface area contributed by atoms with Crippen LogP contribution >= 0.6 is 15.9 Å². The van der Waals surface area contributed by atoms with E-state index < -0.39 is 23.2 Å². The van der Waals surface area contributed by atoms with Crippen molar-refractivity contribution in [2.75, 3.05) is 11.1 Å². The zero-order valence-electron chi connectivity index (χ0n) is 11.4. The number of anilines is 2. The molecule has 0 bridgehead atoms. The van der Waals surface area contributed by atoms with Gasteiger partial charge in [-0.2, -0.15) is 0 Å². The van der Waals surface area contributed by atoms with Crippen LogP contribution in [0.3, 0.4) is 0 Å². The van der Waals surface area contributed by atoms with Crippen LogP contribution in [0.25, 0.3) is 0 Å².